The Kier molecular flexibility index (Phi) is 4.75. The molecule has 5 heteroatoms. The Morgan fingerprint density at radius 2 is 2.00 bits per heavy atom. The van der Waals surface area contributed by atoms with E-state index in [1.807, 2.05) is 24.3 Å². The number of hydrogen-bond acceptors (Lipinski definition) is 5. The highest BCUT2D eigenvalue weighted by Crippen LogP contribution is 2.25. The van der Waals surface area contributed by atoms with Crippen molar-refractivity contribution >= 4 is 0 Å². The number of rotatable bonds is 7. The molecule has 114 valence electrons. The van der Waals surface area contributed by atoms with Crippen LogP contribution in [0.1, 0.15) is 36.2 Å². The topological polar surface area (TPSA) is 61.8 Å². The van der Waals surface area contributed by atoms with E-state index in [9.17, 15) is 0 Å². The van der Waals surface area contributed by atoms with Gasteiger partial charge >= 0.3 is 0 Å². The van der Waals surface area contributed by atoms with Crippen LogP contribution in [0.3, 0.4) is 0 Å². The van der Waals surface area contributed by atoms with Crippen LogP contribution >= 0.6 is 0 Å². The molecule has 3 heterocycles. The molecule has 0 spiro atoms. The molecule has 1 unspecified atom stereocenters. The maximum Gasteiger partial charge on any atom is 0.129 e. The molecular weight excluding hydrogens is 268 g/mol. The van der Waals surface area contributed by atoms with Crippen LogP contribution in [0.25, 0.3) is 0 Å². The van der Waals surface area contributed by atoms with E-state index >= 15 is 0 Å². The minimum Gasteiger partial charge on any atom is -0.468 e. The molecule has 21 heavy (non-hydrogen) atoms. The van der Waals surface area contributed by atoms with Crippen molar-refractivity contribution < 1.29 is 13.9 Å². The van der Waals surface area contributed by atoms with Crippen LogP contribution in [-0.2, 0) is 13.2 Å². The molecule has 5 nitrogen and oxygen atoms in total. The van der Waals surface area contributed by atoms with Crippen LogP contribution in [0.4, 0.5) is 0 Å². The second-order valence-electron chi connectivity index (χ2n) is 5.43. The van der Waals surface area contributed by atoms with Gasteiger partial charge in [-0.2, -0.15) is 0 Å². The van der Waals surface area contributed by atoms with Gasteiger partial charge in [-0.15, -0.1) is 0 Å². The van der Waals surface area contributed by atoms with Gasteiger partial charge in [0.1, 0.15) is 23.9 Å². The van der Waals surface area contributed by atoms with Crippen LogP contribution < -0.4 is 5.32 Å². The SMILES string of the molecule is OCc1ccc(CNCC(c2ccco2)N2CCCC2)o1. The van der Waals surface area contributed by atoms with E-state index in [4.69, 9.17) is 13.9 Å². The third kappa shape index (κ3) is 3.56. The highest BCUT2D eigenvalue weighted by Gasteiger charge is 2.25. The summed E-state index contributed by atoms with van der Waals surface area (Å²) in [6.45, 7) is 3.68. The predicted molar refractivity (Wildman–Crippen MR) is 78.6 cm³/mol. The number of nitrogens with one attached hydrogen (secondary N) is 1. The lowest BCUT2D eigenvalue weighted by Crippen LogP contribution is -2.33. The molecule has 0 radical (unpaired) electrons. The molecule has 1 fully saturated rings. The molecule has 2 aromatic rings. The Balaban J connectivity index is 1.57. The summed E-state index contributed by atoms with van der Waals surface area (Å²) in [4.78, 5) is 2.47. The quantitative estimate of drug-likeness (QED) is 0.819. The smallest absolute Gasteiger partial charge is 0.129 e. The number of aliphatic hydroxyl groups is 1. The van der Waals surface area contributed by atoms with Gasteiger partial charge < -0.3 is 19.3 Å². The first-order valence-electron chi connectivity index (χ1n) is 7.53. The summed E-state index contributed by atoms with van der Waals surface area (Å²) >= 11 is 0. The molecule has 0 saturated carbocycles. The average molecular weight is 290 g/mol. The minimum atomic E-state index is -0.0528. The molecule has 3 rings (SSSR count). The number of likely N-dealkylation sites (tertiary alicyclic amines) is 1. The Hall–Kier alpha value is -1.56. The number of nitrogens with zero attached hydrogens (tertiary/aromatic N) is 1. The van der Waals surface area contributed by atoms with Crippen molar-refractivity contribution in [1.82, 2.24) is 10.2 Å². The van der Waals surface area contributed by atoms with E-state index in [-0.39, 0.29) is 12.6 Å². The van der Waals surface area contributed by atoms with Gasteiger partial charge in [-0.25, -0.2) is 0 Å². The molecule has 0 amide bonds. The van der Waals surface area contributed by atoms with Crippen molar-refractivity contribution in [3.05, 3.63) is 47.8 Å². The zero-order chi connectivity index (χ0) is 14.5. The Labute approximate surface area is 124 Å². The monoisotopic (exact) mass is 290 g/mol. The molecule has 2 aromatic heterocycles. The fraction of sp³-hybridized carbons (Fsp3) is 0.500. The van der Waals surface area contributed by atoms with Gasteiger partial charge in [0.05, 0.1) is 18.8 Å². The fourth-order valence-corrected chi connectivity index (χ4v) is 2.88. The minimum absolute atomic E-state index is 0.0528. The summed E-state index contributed by atoms with van der Waals surface area (Å²) in [5, 5.41) is 12.4. The number of hydrogen-bond donors (Lipinski definition) is 2. The summed E-state index contributed by atoms with van der Waals surface area (Å²) in [6, 6.07) is 7.97. The first-order chi connectivity index (χ1) is 10.4. The van der Waals surface area contributed by atoms with Crippen LogP contribution in [0.2, 0.25) is 0 Å². The first kappa shape index (κ1) is 14.4. The molecule has 1 aliphatic rings. The van der Waals surface area contributed by atoms with Gasteiger partial charge in [-0.05, 0) is 50.2 Å². The maximum absolute atomic E-state index is 9.00. The second kappa shape index (κ2) is 6.93. The molecule has 0 aliphatic carbocycles. The van der Waals surface area contributed by atoms with Gasteiger partial charge in [0.2, 0.25) is 0 Å². The lowest BCUT2D eigenvalue weighted by molar-refractivity contribution is 0.207. The van der Waals surface area contributed by atoms with Crippen molar-refractivity contribution in [2.24, 2.45) is 0 Å². The molecule has 1 atom stereocenters. The molecule has 0 aromatic carbocycles. The van der Waals surface area contributed by atoms with Crippen LogP contribution in [0, 0.1) is 0 Å². The molecule has 1 saturated heterocycles. The van der Waals surface area contributed by atoms with E-state index < -0.39 is 0 Å². The van der Waals surface area contributed by atoms with Crippen molar-refractivity contribution in [2.45, 2.75) is 32.0 Å². The highest BCUT2D eigenvalue weighted by atomic mass is 16.4. The molecule has 0 bridgehead atoms. The van der Waals surface area contributed by atoms with Crippen molar-refractivity contribution in [3.63, 3.8) is 0 Å². The molecule has 2 N–H and O–H groups in total. The first-order valence-corrected chi connectivity index (χ1v) is 7.53. The van der Waals surface area contributed by atoms with Crippen molar-refractivity contribution in [1.29, 1.82) is 0 Å². The summed E-state index contributed by atoms with van der Waals surface area (Å²) < 4.78 is 11.1. The highest BCUT2D eigenvalue weighted by molar-refractivity contribution is 5.08. The number of aliphatic hydroxyl groups excluding tert-OH is 1. The zero-order valence-corrected chi connectivity index (χ0v) is 12.1. The normalized spacial score (nSPS) is 17.4. The summed E-state index contributed by atoms with van der Waals surface area (Å²) in [6.07, 6.45) is 4.25. The largest absolute Gasteiger partial charge is 0.468 e. The Morgan fingerprint density at radius 1 is 1.19 bits per heavy atom. The second-order valence-corrected chi connectivity index (χ2v) is 5.43. The van der Waals surface area contributed by atoms with Crippen molar-refractivity contribution in [3.8, 4) is 0 Å². The molecule has 1 aliphatic heterocycles. The van der Waals surface area contributed by atoms with E-state index in [0.717, 1.165) is 31.2 Å². The summed E-state index contributed by atoms with van der Waals surface area (Å²) in [5.41, 5.74) is 0. The van der Waals surface area contributed by atoms with E-state index in [1.54, 1.807) is 6.26 Å². The van der Waals surface area contributed by atoms with Gasteiger partial charge in [0.25, 0.3) is 0 Å². The van der Waals surface area contributed by atoms with Gasteiger partial charge in [-0.1, -0.05) is 0 Å². The third-order valence-electron chi connectivity index (χ3n) is 3.96. The lowest BCUT2D eigenvalue weighted by Gasteiger charge is -2.25. The Morgan fingerprint density at radius 3 is 2.67 bits per heavy atom. The lowest BCUT2D eigenvalue weighted by atomic mass is 10.2. The summed E-state index contributed by atoms with van der Waals surface area (Å²) in [7, 11) is 0. The van der Waals surface area contributed by atoms with E-state index in [0.29, 0.717) is 12.3 Å². The predicted octanol–water partition coefficient (Wildman–Crippen LogP) is 2.29. The Bertz CT molecular complexity index is 529. The van der Waals surface area contributed by atoms with Gasteiger partial charge in [-0.3, -0.25) is 4.90 Å². The standard InChI is InChI=1S/C16H22N2O3/c19-12-14-6-5-13(21-14)10-17-11-15(16-4-3-9-20-16)18-7-1-2-8-18/h3-6,9,15,17,19H,1-2,7-8,10-12H2. The van der Waals surface area contributed by atoms with Crippen molar-refractivity contribution in [2.75, 3.05) is 19.6 Å². The maximum atomic E-state index is 9.00. The third-order valence-corrected chi connectivity index (χ3v) is 3.96. The van der Waals surface area contributed by atoms with Gasteiger partial charge in [0.15, 0.2) is 0 Å². The van der Waals surface area contributed by atoms with E-state index in [1.165, 1.54) is 12.8 Å². The fourth-order valence-electron chi connectivity index (χ4n) is 2.88. The van der Waals surface area contributed by atoms with E-state index in [2.05, 4.69) is 10.2 Å². The zero-order valence-electron chi connectivity index (χ0n) is 12.1. The summed E-state index contributed by atoms with van der Waals surface area (Å²) in [5.74, 6) is 2.47. The van der Waals surface area contributed by atoms with Crippen LogP contribution in [-0.4, -0.2) is 29.6 Å². The van der Waals surface area contributed by atoms with Gasteiger partial charge in [0, 0.05) is 6.54 Å². The van der Waals surface area contributed by atoms with Crippen LogP contribution in [0.5, 0.6) is 0 Å². The number of furan rings is 2. The van der Waals surface area contributed by atoms with Crippen LogP contribution in [0.15, 0.2) is 39.4 Å². The molecular formula is C16H22N2O3. The average Bonchev–Trinajstić information content (AvgIpc) is 3.24.